The molecule has 0 unspecified atom stereocenters. The van der Waals surface area contributed by atoms with Crippen LogP contribution in [0.4, 0.5) is 5.69 Å². The first-order valence-corrected chi connectivity index (χ1v) is 4.51. The highest BCUT2D eigenvalue weighted by Crippen LogP contribution is 2.17. The van der Waals surface area contributed by atoms with E-state index in [1.165, 1.54) is 0 Å². The van der Waals surface area contributed by atoms with Crippen LogP contribution in [0.3, 0.4) is 0 Å². The fourth-order valence-corrected chi connectivity index (χ4v) is 1.46. The molecule has 0 aliphatic carbocycles. The van der Waals surface area contributed by atoms with Crippen LogP contribution in [-0.2, 0) is 0 Å². The van der Waals surface area contributed by atoms with Gasteiger partial charge < -0.3 is 14.9 Å². The molecule has 2 rings (SSSR count). The molecule has 1 heterocycles. The molecular weight excluding hydrogens is 192 g/mol. The first kappa shape index (κ1) is 9.34. The smallest absolute Gasteiger partial charge is 0.323 e. The summed E-state index contributed by atoms with van der Waals surface area (Å²) in [7, 11) is 1.83. The number of imidazole rings is 1. The van der Waals surface area contributed by atoms with E-state index in [4.69, 9.17) is 5.26 Å². The van der Waals surface area contributed by atoms with Crippen molar-refractivity contribution >= 4 is 16.7 Å². The summed E-state index contributed by atoms with van der Waals surface area (Å²) >= 11 is 0. The monoisotopic (exact) mass is 202 g/mol. The van der Waals surface area contributed by atoms with E-state index in [9.17, 15) is 4.79 Å². The topological polar surface area (TPSA) is 75.7 Å². The van der Waals surface area contributed by atoms with Gasteiger partial charge in [0, 0.05) is 12.7 Å². The van der Waals surface area contributed by atoms with Crippen LogP contribution in [0.2, 0.25) is 0 Å². The van der Waals surface area contributed by atoms with Gasteiger partial charge >= 0.3 is 5.69 Å². The van der Waals surface area contributed by atoms with E-state index in [1.54, 1.807) is 0 Å². The van der Waals surface area contributed by atoms with E-state index in [2.05, 4.69) is 16.0 Å². The van der Waals surface area contributed by atoms with Gasteiger partial charge in [-0.2, -0.15) is 5.26 Å². The zero-order valence-electron chi connectivity index (χ0n) is 8.24. The molecule has 0 atom stereocenters. The molecule has 76 valence electrons. The van der Waals surface area contributed by atoms with Crippen molar-refractivity contribution in [3.63, 3.8) is 0 Å². The minimum absolute atomic E-state index is 0.218. The third-order valence-electron chi connectivity index (χ3n) is 2.25. The maximum Gasteiger partial charge on any atom is 0.323 e. The molecule has 1 aromatic heterocycles. The second-order valence-corrected chi connectivity index (χ2v) is 3.32. The van der Waals surface area contributed by atoms with Gasteiger partial charge in [0.1, 0.15) is 6.54 Å². The second-order valence-electron chi connectivity index (χ2n) is 3.32. The number of hydrogen-bond donors (Lipinski definition) is 2. The summed E-state index contributed by atoms with van der Waals surface area (Å²) in [6.07, 6.45) is 0. The van der Waals surface area contributed by atoms with E-state index in [0.717, 1.165) is 16.7 Å². The molecular formula is C10H10N4O. The van der Waals surface area contributed by atoms with Gasteiger partial charge in [0.05, 0.1) is 17.1 Å². The van der Waals surface area contributed by atoms with Crippen molar-refractivity contribution in [1.29, 1.82) is 5.26 Å². The zero-order chi connectivity index (χ0) is 10.8. The van der Waals surface area contributed by atoms with Gasteiger partial charge in [-0.25, -0.2) is 4.79 Å². The molecule has 0 fully saturated rings. The molecule has 0 saturated heterocycles. The maximum atomic E-state index is 11.0. The summed E-state index contributed by atoms with van der Waals surface area (Å²) < 4.78 is 0. The lowest BCUT2D eigenvalue weighted by atomic mass is 10.2. The molecule has 0 aliphatic heterocycles. The molecule has 0 saturated carbocycles. The molecule has 15 heavy (non-hydrogen) atoms. The first-order chi connectivity index (χ1) is 7.20. The number of aromatic amines is 2. The molecule has 2 aromatic rings. The Bertz CT molecular complexity index is 575. The number of anilines is 1. The van der Waals surface area contributed by atoms with Gasteiger partial charge in [0.15, 0.2) is 0 Å². The van der Waals surface area contributed by atoms with Crippen LogP contribution >= 0.6 is 0 Å². The Morgan fingerprint density at radius 2 is 2.13 bits per heavy atom. The molecule has 0 amide bonds. The SMILES string of the molecule is CN(CC#N)c1ccc2[nH]c(=O)[nH]c2c1. The van der Waals surface area contributed by atoms with Crippen molar-refractivity contribution in [2.24, 2.45) is 0 Å². The number of benzene rings is 1. The van der Waals surface area contributed by atoms with Crippen LogP contribution in [0.15, 0.2) is 23.0 Å². The van der Waals surface area contributed by atoms with E-state index in [0.29, 0.717) is 6.54 Å². The standard InChI is InChI=1S/C10H10N4O/c1-14(5-4-11)7-2-3-8-9(6-7)13-10(15)12-8/h2-3,6H,5H2,1H3,(H2,12,13,15). The average Bonchev–Trinajstić information content (AvgIpc) is 2.57. The Kier molecular flexibility index (Phi) is 2.18. The number of hydrogen-bond acceptors (Lipinski definition) is 3. The first-order valence-electron chi connectivity index (χ1n) is 4.51. The fourth-order valence-electron chi connectivity index (χ4n) is 1.46. The normalized spacial score (nSPS) is 10.1. The second kappa shape index (κ2) is 3.50. The number of fused-ring (bicyclic) bond motifs is 1. The molecule has 5 heteroatoms. The summed E-state index contributed by atoms with van der Waals surface area (Å²) in [5, 5.41) is 8.56. The highest BCUT2D eigenvalue weighted by Gasteiger charge is 2.03. The molecule has 0 spiro atoms. The van der Waals surface area contributed by atoms with E-state index in [1.807, 2.05) is 30.1 Å². The maximum absolute atomic E-state index is 11.0. The Balaban J connectivity index is 2.47. The van der Waals surface area contributed by atoms with Crippen molar-refractivity contribution in [1.82, 2.24) is 9.97 Å². The number of nitrogens with zero attached hydrogens (tertiary/aromatic N) is 2. The Morgan fingerprint density at radius 1 is 1.40 bits per heavy atom. The van der Waals surface area contributed by atoms with E-state index in [-0.39, 0.29) is 5.69 Å². The number of rotatable bonds is 2. The van der Waals surface area contributed by atoms with Crippen molar-refractivity contribution in [3.05, 3.63) is 28.7 Å². The van der Waals surface area contributed by atoms with Gasteiger partial charge in [-0.05, 0) is 18.2 Å². The number of H-pyrrole nitrogens is 2. The van der Waals surface area contributed by atoms with E-state index < -0.39 is 0 Å². The largest absolute Gasteiger partial charge is 0.361 e. The predicted molar refractivity (Wildman–Crippen MR) is 57.8 cm³/mol. The van der Waals surface area contributed by atoms with Crippen LogP contribution in [0.5, 0.6) is 0 Å². The van der Waals surface area contributed by atoms with Gasteiger partial charge in [-0.1, -0.05) is 0 Å². The van der Waals surface area contributed by atoms with Gasteiger partial charge in [-0.3, -0.25) is 0 Å². The Hall–Kier alpha value is -2.22. The molecule has 2 N–H and O–H groups in total. The molecule has 0 bridgehead atoms. The third kappa shape index (κ3) is 1.70. The summed E-state index contributed by atoms with van der Waals surface area (Å²) in [5.41, 5.74) is 2.21. The van der Waals surface area contributed by atoms with Crippen LogP contribution in [0.25, 0.3) is 11.0 Å². The van der Waals surface area contributed by atoms with Crippen molar-refractivity contribution in [2.45, 2.75) is 0 Å². The lowest BCUT2D eigenvalue weighted by molar-refractivity contribution is 1.04. The highest BCUT2D eigenvalue weighted by molar-refractivity contribution is 5.78. The van der Waals surface area contributed by atoms with Gasteiger partial charge in [0.25, 0.3) is 0 Å². The fraction of sp³-hybridized carbons (Fsp3) is 0.200. The van der Waals surface area contributed by atoms with Crippen molar-refractivity contribution < 1.29 is 0 Å². The van der Waals surface area contributed by atoms with Crippen LogP contribution in [0, 0.1) is 11.3 Å². The van der Waals surface area contributed by atoms with E-state index >= 15 is 0 Å². The average molecular weight is 202 g/mol. The number of nitriles is 1. The Morgan fingerprint density at radius 3 is 2.87 bits per heavy atom. The van der Waals surface area contributed by atoms with Crippen molar-refractivity contribution in [2.75, 3.05) is 18.5 Å². The molecule has 5 nitrogen and oxygen atoms in total. The summed E-state index contributed by atoms with van der Waals surface area (Å²) in [4.78, 5) is 18.2. The highest BCUT2D eigenvalue weighted by atomic mass is 16.1. The summed E-state index contributed by atoms with van der Waals surface area (Å²) in [6, 6.07) is 7.58. The number of nitrogens with one attached hydrogen (secondary N) is 2. The third-order valence-corrected chi connectivity index (χ3v) is 2.25. The summed E-state index contributed by atoms with van der Waals surface area (Å²) in [6.45, 7) is 0.320. The van der Waals surface area contributed by atoms with Gasteiger partial charge in [0.2, 0.25) is 0 Å². The molecule has 0 radical (unpaired) electrons. The number of aromatic nitrogens is 2. The minimum atomic E-state index is -0.218. The van der Waals surface area contributed by atoms with Crippen molar-refractivity contribution in [3.8, 4) is 6.07 Å². The van der Waals surface area contributed by atoms with Gasteiger partial charge in [-0.15, -0.1) is 0 Å². The lowest BCUT2D eigenvalue weighted by Crippen LogP contribution is -2.16. The minimum Gasteiger partial charge on any atom is -0.361 e. The quantitative estimate of drug-likeness (QED) is 0.708. The molecule has 0 aliphatic rings. The molecule has 1 aromatic carbocycles. The van der Waals surface area contributed by atoms with Crippen LogP contribution in [0.1, 0.15) is 0 Å². The lowest BCUT2D eigenvalue weighted by Gasteiger charge is -2.14. The van der Waals surface area contributed by atoms with Crippen LogP contribution < -0.4 is 10.6 Å². The predicted octanol–water partition coefficient (Wildman–Crippen LogP) is 0.816. The Labute approximate surface area is 86.0 Å². The summed E-state index contributed by atoms with van der Waals surface area (Å²) in [5.74, 6) is 0. The zero-order valence-corrected chi connectivity index (χ0v) is 8.24. The van der Waals surface area contributed by atoms with Crippen LogP contribution in [-0.4, -0.2) is 23.6 Å².